The fourth-order valence-corrected chi connectivity index (χ4v) is 3.52. The summed E-state index contributed by atoms with van der Waals surface area (Å²) >= 11 is 0. The molecule has 23 heavy (non-hydrogen) atoms. The number of rotatable bonds is 6. The molecule has 2 atom stereocenters. The highest BCUT2D eigenvalue weighted by Crippen LogP contribution is 2.32. The van der Waals surface area contributed by atoms with E-state index in [2.05, 4.69) is 47.2 Å². The number of ether oxygens (including phenoxy) is 1. The van der Waals surface area contributed by atoms with E-state index in [1.54, 1.807) is 7.11 Å². The number of pyridine rings is 1. The summed E-state index contributed by atoms with van der Waals surface area (Å²) in [6.07, 6.45) is 4.06. The van der Waals surface area contributed by atoms with Crippen molar-refractivity contribution in [1.82, 2.24) is 19.7 Å². The van der Waals surface area contributed by atoms with Gasteiger partial charge in [-0.15, -0.1) is 0 Å². The van der Waals surface area contributed by atoms with E-state index in [1.165, 1.54) is 11.3 Å². The Bertz CT molecular complexity index is 625. The van der Waals surface area contributed by atoms with Crippen molar-refractivity contribution in [3.8, 4) is 0 Å². The minimum atomic E-state index is 0.442. The van der Waals surface area contributed by atoms with Crippen LogP contribution in [0.2, 0.25) is 0 Å². The normalized spacial score (nSPS) is 21.9. The molecule has 3 heterocycles. The maximum Gasteiger partial charge on any atom is 0.0638 e. The van der Waals surface area contributed by atoms with Crippen molar-refractivity contribution in [2.75, 3.05) is 26.8 Å². The van der Waals surface area contributed by atoms with Crippen LogP contribution in [0.15, 0.2) is 30.6 Å². The zero-order valence-electron chi connectivity index (χ0n) is 14.3. The summed E-state index contributed by atoms with van der Waals surface area (Å²) in [7, 11) is 1.79. The SMILES string of the molecule is CCn1cc(CN2C[C@@H](COC)[C@H](c3ccccn3)C2)c(C)n1. The van der Waals surface area contributed by atoms with Gasteiger partial charge in [0.25, 0.3) is 0 Å². The average Bonchev–Trinajstić information content (AvgIpc) is 3.13. The molecule has 0 N–H and O–H groups in total. The molecule has 124 valence electrons. The quantitative estimate of drug-likeness (QED) is 0.821. The van der Waals surface area contributed by atoms with Crippen LogP contribution in [0.4, 0.5) is 0 Å². The lowest BCUT2D eigenvalue weighted by Crippen LogP contribution is -2.21. The molecule has 0 radical (unpaired) electrons. The first kappa shape index (κ1) is 16.1. The van der Waals surface area contributed by atoms with Gasteiger partial charge < -0.3 is 4.74 Å². The second-order valence-corrected chi connectivity index (χ2v) is 6.37. The van der Waals surface area contributed by atoms with Crippen molar-refractivity contribution >= 4 is 0 Å². The molecule has 2 aromatic heterocycles. The summed E-state index contributed by atoms with van der Waals surface area (Å²) in [4.78, 5) is 7.08. The summed E-state index contributed by atoms with van der Waals surface area (Å²) < 4.78 is 7.47. The van der Waals surface area contributed by atoms with Gasteiger partial charge in [-0.25, -0.2) is 0 Å². The first-order chi connectivity index (χ1) is 11.2. The molecule has 5 nitrogen and oxygen atoms in total. The van der Waals surface area contributed by atoms with Gasteiger partial charge in [0.05, 0.1) is 12.3 Å². The van der Waals surface area contributed by atoms with Crippen molar-refractivity contribution in [3.05, 3.63) is 47.5 Å². The number of hydrogen-bond acceptors (Lipinski definition) is 4. The number of aryl methyl sites for hydroxylation is 2. The van der Waals surface area contributed by atoms with Gasteiger partial charge in [0.2, 0.25) is 0 Å². The molecule has 0 unspecified atom stereocenters. The van der Waals surface area contributed by atoms with Crippen LogP contribution in [0.1, 0.15) is 29.8 Å². The highest BCUT2D eigenvalue weighted by molar-refractivity contribution is 5.18. The molecule has 1 saturated heterocycles. The second kappa shape index (κ2) is 7.23. The van der Waals surface area contributed by atoms with E-state index >= 15 is 0 Å². The van der Waals surface area contributed by atoms with Gasteiger partial charge in [0, 0.05) is 68.8 Å². The van der Waals surface area contributed by atoms with E-state index in [0.717, 1.165) is 38.5 Å². The van der Waals surface area contributed by atoms with Crippen molar-refractivity contribution in [2.45, 2.75) is 32.9 Å². The smallest absolute Gasteiger partial charge is 0.0638 e. The molecular formula is C18H26N4O. The van der Waals surface area contributed by atoms with Crippen molar-refractivity contribution in [1.29, 1.82) is 0 Å². The van der Waals surface area contributed by atoms with E-state index in [0.29, 0.717) is 11.8 Å². The lowest BCUT2D eigenvalue weighted by atomic mass is 9.93. The van der Waals surface area contributed by atoms with E-state index < -0.39 is 0 Å². The monoisotopic (exact) mass is 314 g/mol. The van der Waals surface area contributed by atoms with Crippen LogP contribution in [0, 0.1) is 12.8 Å². The van der Waals surface area contributed by atoms with Gasteiger partial charge in [-0.2, -0.15) is 5.10 Å². The number of aromatic nitrogens is 3. The molecule has 2 aromatic rings. The zero-order chi connectivity index (χ0) is 16.2. The van der Waals surface area contributed by atoms with Gasteiger partial charge >= 0.3 is 0 Å². The Morgan fingerprint density at radius 3 is 2.83 bits per heavy atom. The Kier molecular flexibility index (Phi) is 5.08. The Labute approximate surface area is 138 Å². The van der Waals surface area contributed by atoms with Crippen LogP contribution in [-0.4, -0.2) is 46.5 Å². The molecule has 0 spiro atoms. The lowest BCUT2D eigenvalue weighted by molar-refractivity contribution is 0.147. The standard InChI is InChI=1S/C18H26N4O/c1-4-22-11-15(14(2)20-22)9-21-10-16(13-23-3)17(12-21)18-7-5-6-8-19-18/h5-8,11,16-17H,4,9-10,12-13H2,1-3H3/t16-,17+/m0/s1. The molecule has 0 aromatic carbocycles. The topological polar surface area (TPSA) is 43.2 Å². The van der Waals surface area contributed by atoms with Gasteiger partial charge in [-0.05, 0) is 26.0 Å². The fourth-order valence-electron chi connectivity index (χ4n) is 3.52. The molecule has 0 amide bonds. The van der Waals surface area contributed by atoms with Crippen LogP contribution < -0.4 is 0 Å². The Balaban J connectivity index is 1.73. The van der Waals surface area contributed by atoms with E-state index in [-0.39, 0.29) is 0 Å². The van der Waals surface area contributed by atoms with Crippen LogP contribution >= 0.6 is 0 Å². The lowest BCUT2D eigenvalue weighted by Gasteiger charge is -2.16. The largest absolute Gasteiger partial charge is 0.384 e. The molecule has 0 bridgehead atoms. The summed E-state index contributed by atoms with van der Waals surface area (Å²) in [5, 5.41) is 4.56. The molecule has 0 aliphatic carbocycles. The van der Waals surface area contributed by atoms with Crippen LogP contribution in [0.5, 0.6) is 0 Å². The predicted molar refractivity (Wildman–Crippen MR) is 90.3 cm³/mol. The molecule has 5 heteroatoms. The highest BCUT2D eigenvalue weighted by atomic mass is 16.5. The molecule has 0 saturated carbocycles. The molecule has 1 aliphatic rings. The fraction of sp³-hybridized carbons (Fsp3) is 0.556. The Morgan fingerprint density at radius 2 is 2.17 bits per heavy atom. The number of hydrogen-bond donors (Lipinski definition) is 0. The van der Waals surface area contributed by atoms with Crippen LogP contribution in [-0.2, 0) is 17.8 Å². The van der Waals surface area contributed by atoms with Gasteiger partial charge in [0.15, 0.2) is 0 Å². The summed E-state index contributed by atoms with van der Waals surface area (Å²) in [5.41, 5.74) is 3.64. The van der Waals surface area contributed by atoms with Gasteiger partial charge in [-0.3, -0.25) is 14.6 Å². The van der Waals surface area contributed by atoms with Crippen LogP contribution in [0.25, 0.3) is 0 Å². The molecular weight excluding hydrogens is 288 g/mol. The van der Waals surface area contributed by atoms with Gasteiger partial charge in [-0.1, -0.05) is 6.07 Å². The minimum Gasteiger partial charge on any atom is -0.384 e. The maximum atomic E-state index is 5.45. The second-order valence-electron chi connectivity index (χ2n) is 6.37. The summed E-state index contributed by atoms with van der Waals surface area (Å²) in [6, 6.07) is 6.19. The number of likely N-dealkylation sites (tertiary alicyclic amines) is 1. The summed E-state index contributed by atoms with van der Waals surface area (Å²) in [5.74, 6) is 0.939. The van der Waals surface area contributed by atoms with Crippen molar-refractivity contribution in [3.63, 3.8) is 0 Å². The van der Waals surface area contributed by atoms with E-state index in [1.807, 2.05) is 16.9 Å². The first-order valence-corrected chi connectivity index (χ1v) is 8.36. The first-order valence-electron chi connectivity index (χ1n) is 8.36. The third kappa shape index (κ3) is 3.62. The number of nitrogens with zero attached hydrogens (tertiary/aromatic N) is 4. The Morgan fingerprint density at radius 1 is 1.30 bits per heavy atom. The highest BCUT2D eigenvalue weighted by Gasteiger charge is 2.34. The Hall–Kier alpha value is -1.72. The van der Waals surface area contributed by atoms with E-state index in [9.17, 15) is 0 Å². The third-order valence-corrected chi connectivity index (χ3v) is 4.73. The summed E-state index contributed by atoms with van der Waals surface area (Å²) in [6.45, 7) is 8.95. The third-order valence-electron chi connectivity index (χ3n) is 4.73. The van der Waals surface area contributed by atoms with Crippen molar-refractivity contribution < 1.29 is 4.74 Å². The molecule has 1 aliphatic heterocycles. The maximum absolute atomic E-state index is 5.45. The predicted octanol–water partition coefficient (Wildman–Crippen LogP) is 2.47. The molecule has 3 rings (SSSR count). The van der Waals surface area contributed by atoms with Crippen LogP contribution in [0.3, 0.4) is 0 Å². The zero-order valence-corrected chi connectivity index (χ0v) is 14.3. The van der Waals surface area contributed by atoms with Crippen molar-refractivity contribution in [2.24, 2.45) is 5.92 Å². The molecule has 1 fully saturated rings. The van der Waals surface area contributed by atoms with Gasteiger partial charge in [0.1, 0.15) is 0 Å². The number of methoxy groups -OCH3 is 1. The average molecular weight is 314 g/mol. The minimum absolute atomic E-state index is 0.442. The van der Waals surface area contributed by atoms with E-state index in [4.69, 9.17) is 4.74 Å².